The summed E-state index contributed by atoms with van der Waals surface area (Å²) in [6, 6.07) is 33.7. The van der Waals surface area contributed by atoms with E-state index < -0.39 is 0 Å². The zero-order valence-corrected chi connectivity index (χ0v) is 23.4. The van der Waals surface area contributed by atoms with E-state index in [1.807, 2.05) is 83.8 Å². The van der Waals surface area contributed by atoms with Crippen LogP contribution in [0.5, 0.6) is 5.75 Å². The number of piperidine rings is 1. The second-order valence-electron chi connectivity index (χ2n) is 11.4. The van der Waals surface area contributed by atoms with Gasteiger partial charge in [-0.15, -0.1) is 0 Å². The average molecular weight is 560 g/mol. The topological polar surface area (TPSA) is 65.1 Å². The summed E-state index contributed by atoms with van der Waals surface area (Å²) in [7, 11) is 0. The number of rotatable bonds is 7. The Balaban J connectivity index is 1.01. The van der Waals surface area contributed by atoms with E-state index in [4.69, 9.17) is 14.2 Å². The third kappa shape index (κ3) is 5.07. The molecule has 2 fully saturated rings. The number of hydrogen-bond acceptors (Lipinski definition) is 5. The van der Waals surface area contributed by atoms with E-state index in [0.29, 0.717) is 44.0 Å². The smallest absolute Gasteiger partial charge is 0.410 e. The fourth-order valence-electron chi connectivity index (χ4n) is 6.81. The number of ether oxygens (including phenoxy) is 3. The maximum Gasteiger partial charge on any atom is 0.410 e. The van der Waals surface area contributed by atoms with E-state index in [-0.39, 0.29) is 42.4 Å². The van der Waals surface area contributed by atoms with Crippen molar-refractivity contribution in [3.8, 4) is 16.9 Å². The largest absolute Gasteiger partial charge is 0.489 e. The van der Waals surface area contributed by atoms with Gasteiger partial charge in [-0.05, 0) is 52.8 Å². The Bertz CT molecular complexity index is 1540. The van der Waals surface area contributed by atoms with Crippen molar-refractivity contribution in [2.24, 2.45) is 5.92 Å². The number of amides is 1. The molecule has 1 aliphatic carbocycles. The number of ketones is 1. The van der Waals surface area contributed by atoms with Gasteiger partial charge in [-0.3, -0.25) is 9.69 Å². The average Bonchev–Trinajstić information content (AvgIpc) is 3.36. The molecule has 0 N–H and O–H groups in total. The minimum atomic E-state index is -0.322. The normalized spacial score (nSPS) is 20.9. The molecule has 2 saturated heterocycles. The highest BCUT2D eigenvalue weighted by Crippen LogP contribution is 2.45. The summed E-state index contributed by atoms with van der Waals surface area (Å²) in [4.78, 5) is 29.0. The van der Waals surface area contributed by atoms with E-state index in [0.717, 1.165) is 5.56 Å². The van der Waals surface area contributed by atoms with Crippen LogP contribution in [0.2, 0.25) is 0 Å². The summed E-state index contributed by atoms with van der Waals surface area (Å²) in [5, 5.41) is 0. The number of hydrogen-bond donors (Lipinski definition) is 0. The Morgan fingerprint density at radius 1 is 0.762 bits per heavy atom. The van der Waals surface area contributed by atoms with Gasteiger partial charge in [0.1, 0.15) is 19.0 Å². The lowest BCUT2D eigenvalue weighted by Crippen LogP contribution is -2.60. The molecule has 212 valence electrons. The lowest BCUT2D eigenvalue weighted by molar-refractivity contribution is -0.0747. The highest BCUT2D eigenvalue weighted by Gasteiger charge is 2.45. The van der Waals surface area contributed by atoms with Gasteiger partial charge >= 0.3 is 6.09 Å². The molecular weight excluding hydrogens is 526 g/mol. The maximum atomic E-state index is 13.6. The first kappa shape index (κ1) is 26.5. The second-order valence-corrected chi connectivity index (χ2v) is 11.4. The Labute approximate surface area is 245 Å². The lowest BCUT2D eigenvalue weighted by Gasteiger charge is -2.47. The summed E-state index contributed by atoms with van der Waals surface area (Å²) >= 11 is 0. The monoisotopic (exact) mass is 559 g/mol. The Morgan fingerprint density at radius 3 is 2.10 bits per heavy atom. The van der Waals surface area contributed by atoms with Crippen molar-refractivity contribution in [1.82, 2.24) is 4.90 Å². The van der Waals surface area contributed by atoms with Gasteiger partial charge in [-0.25, -0.2) is 4.79 Å². The molecule has 7 rings (SSSR count). The van der Waals surface area contributed by atoms with Crippen molar-refractivity contribution in [2.75, 3.05) is 19.8 Å². The molecule has 0 saturated carbocycles. The van der Waals surface area contributed by atoms with Crippen LogP contribution in [0.3, 0.4) is 0 Å². The Kier molecular flexibility index (Phi) is 7.22. The third-order valence-corrected chi connectivity index (χ3v) is 8.80. The second kappa shape index (κ2) is 11.5. The molecule has 4 aromatic carbocycles. The number of carbonyl (C=O) groups excluding carboxylic acids is 2. The van der Waals surface area contributed by atoms with Crippen LogP contribution in [-0.2, 0) is 16.1 Å². The summed E-state index contributed by atoms with van der Waals surface area (Å²) in [6.45, 7) is 1.54. The van der Waals surface area contributed by atoms with Gasteiger partial charge in [0.15, 0.2) is 5.78 Å². The molecule has 2 bridgehead atoms. The summed E-state index contributed by atoms with van der Waals surface area (Å²) < 4.78 is 17.8. The van der Waals surface area contributed by atoms with Gasteiger partial charge in [0.05, 0.1) is 25.3 Å². The van der Waals surface area contributed by atoms with Gasteiger partial charge in [0.2, 0.25) is 0 Å². The predicted octanol–water partition coefficient (Wildman–Crippen LogP) is 6.88. The van der Waals surface area contributed by atoms with Crippen LogP contribution in [0.4, 0.5) is 4.79 Å². The van der Waals surface area contributed by atoms with Crippen LogP contribution in [-0.4, -0.2) is 48.7 Å². The number of benzene rings is 4. The van der Waals surface area contributed by atoms with Crippen LogP contribution < -0.4 is 4.74 Å². The molecule has 6 heteroatoms. The molecule has 1 amide bonds. The van der Waals surface area contributed by atoms with Crippen molar-refractivity contribution in [2.45, 2.75) is 37.5 Å². The van der Waals surface area contributed by atoms with E-state index in [1.165, 1.54) is 22.3 Å². The van der Waals surface area contributed by atoms with Crippen LogP contribution >= 0.6 is 0 Å². The van der Waals surface area contributed by atoms with Crippen molar-refractivity contribution in [3.05, 3.63) is 125 Å². The Hall–Kier alpha value is -4.42. The number of Topliss-reactive ketones (excluding diaryl/α,β-unsaturated/α-hetero) is 1. The fourth-order valence-corrected chi connectivity index (χ4v) is 6.81. The van der Waals surface area contributed by atoms with Crippen molar-refractivity contribution in [1.29, 1.82) is 0 Å². The molecule has 4 aromatic rings. The SMILES string of the molecule is O=C(c1cccc(OCc2ccccc2)c1)C1CC2COCC(C1)N2C(=O)OCC1c2ccccc2-c2ccccc21. The zero-order chi connectivity index (χ0) is 28.5. The Morgan fingerprint density at radius 2 is 1.40 bits per heavy atom. The first-order valence-corrected chi connectivity index (χ1v) is 14.7. The van der Waals surface area contributed by atoms with Crippen LogP contribution in [0.25, 0.3) is 11.1 Å². The van der Waals surface area contributed by atoms with E-state index in [1.54, 1.807) is 0 Å². The number of carbonyl (C=O) groups is 2. The molecular formula is C36H33NO5. The standard InChI is InChI=1S/C36H33NO5/c38-35(25-11-8-12-29(19-25)41-20-24-9-2-1-3-10-24)26-17-27-21-40-22-28(18-26)37(27)36(39)42-23-34-32-15-6-4-13-30(32)31-14-5-7-16-33(31)34/h1-16,19,26-28,34H,17-18,20-23H2. The minimum absolute atomic E-state index is 0.00736. The zero-order valence-electron chi connectivity index (χ0n) is 23.4. The third-order valence-electron chi connectivity index (χ3n) is 8.80. The summed E-state index contributed by atoms with van der Waals surface area (Å²) in [5.74, 6) is 0.576. The minimum Gasteiger partial charge on any atom is -0.489 e. The molecule has 2 unspecified atom stereocenters. The van der Waals surface area contributed by atoms with Gasteiger partial charge in [-0.1, -0.05) is 91.0 Å². The van der Waals surface area contributed by atoms with Crippen LogP contribution in [0, 0.1) is 5.92 Å². The molecule has 2 atom stereocenters. The quantitative estimate of drug-likeness (QED) is 0.231. The molecule has 0 aromatic heterocycles. The first-order valence-electron chi connectivity index (χ1n) is 14.7. The van der Waals surface area contributed by atoms with Crippen molar-refractivity contribution in [3.63, 3.8) is 0 Å². The highest BCUT2D eigenvalue weighted by atomic mass is 16.6. The van der Waals surface area contributed by atoms with Crippen LogP contribution in [0.1, 0.15) is 45.8 Å². The van der Waals surface area contributed by atoms with Gasteiger partial charge < -0.3 is 14.2 Å². The number of morpholine rings is 1. The van der Waals surface area contributed by atoms with Gasteiger partial charge in [-0.2, -0.15) is 0 Å². The number of nitrogens with zero attached hydrogens (tertiary/aromatic N) is 1. The van der Waals surface area contributed by atoms with Gasteiger partial charge in [0, 0.05) is 17.4 Å². The highest BCUT2D eigenvalue weighted by molar-refractivity contribution is 5.98. The number of fused-ring (bicyclic) bond motifs is 5. The molecule has 6 nitrogen and oxygen atoms in total. The fraction of sp³-hybridized carbons (Fsp3) is 0.278. The molecule has 2 heterocycles. The van der Waals surface area contributed by atoms with Crippen LogP contribution in [0.15, 0.2) is 103 Å². The van der Waals surface area contributed by atoms with Crippen molar-refractivity contribution < 1.29 is 23.8 Å². The van der Waals surface area contributed by atoms with Gasteiger partial charge in [0.25, 0.3) is 0 Å². The lowest BCUT2D eigenvalue weighted by atomic mass is 9.81. The predicted molar refractivity (Wildman–Crippen MR) is 160 cm³/mol. The summed E-state index contributed by atoms with van der Waals surface area (Å²) in [6.07, 6.45) is 0.779. The maximum absolute atomic E-state index is 13.6. The molecule has 0 radical (unpaired) electrons. The van der Waals surface area contributed by atoms with E-state index in [9.17, 15) is 9.59 Å². The molecule has 2 aliphatic heterocycles. The van der Waals surface area contributed by atoms with E-state index in [2.05, 4.69) is 24.3 Å². The van der Waals surface area contributed by atoms with Crippen molar-refractivity contribution >= 4 is 11.9 Å². The van der Waals surface area contributed by atoms with E-state index >= 15 is 0 Å². The molecule has 42 heavy (non-hydrogen) atoms. The molecule has 3 aliphatic rings. The molecule has 0 spiro atoms. The summed E-state index contributed by atoms with van der Waals surface area (Å²) in [5.41, 5.74) is 6.49. The first-order chi connectivity index (χ1) is 20.7.